The molecule has 2 fully saturated rings. The molecule has 1 N–H and O–H groups in total. The average molecular weight is 288 g/mol. The Kier molecular flexibility index (Phi) is 3.07. The molecular formula is C12H14F2N2O2S. The monoisotopic (exact) mass is 288 g/mol. The minimum absolute atomic E-state index is 0.270. The van der Waals surface area contributed by atoms with Crippen molar-refractivity contribution < 1.29 is 17.2 Å². The maximum Gasteiger partial charge on any atom is 0.246 e. The van der Waals surface area contributed by atoms with Gasteiger partial charge in [0.15, 0.2) is 11.6 Å². The SMILES string of the molecule is O=S(=O)(c1cccc(F)c1F)N1C[C@H]2CNC[C@H]2C1. The molecule has 1 aromatic carbocycles. The first-order valence-electron chi connectivity index (χ1n) is 6.15. The van der Waals surface area contributed by atoms with Crippen molar-refractivity contribution in [2.45, 2.75) is 4.90 Å². The molecule has 0 unspecified atom stereocenters. The van der Waals surface area contributed by atoms with E-state index in [0.717, 1.165) is 25.2 Å². The van der Waals surface area contributed by atoms with E-state index in [0.29, 0.717) is 13.1 Å². The van der Waals surface area contributed by atoms with Crippen molar-refractivity contribution in [2.24, 2.45) is 11.8 Å². The lowest BCUT2D eigenvalue weighted by molar-refractivity contribution is 0.435. The molecule has 3 rings (SSSR count). The smallest absolute Gasteiger partial charge is 0.246 e. The number of hydrogen-bond acceptors (Lipinski definition) is 3. The first-order valence-corrected chi connectivity index (χ1v) is 7.59. The third-order valence-corrected chi connectivity index (χ3v) is 5.74. The van der Waals surface area contributed by atoms with E-state index in [4.69, 9.17) is 0 Å². The van der Waals surface area contributed by atoms with Gasteiger partial charge in [0.1, 0.15) is 4.90 Å². The molecule has 2 aliphatic rings. The Labute approximate surface area is 110 Å². The summed E-state index contributed by atoms with van der Waals surface area (Å²) in [5.74, 6) is -1.89. The minimum atomic E-state index is -3.94. The first-order chi connectivity index (χ1) is 9.00. The quantitative estimate of drug-likeness (QED) is 0.876. The van der Waals surface area contributed by atoms with Crippen molar-refractivity contribution >= 4 is 10.0 Å². The zero-order valence-corrected chi connectivity index (χ0v) is 11.0. The van der Waals surface area contributed by atoms with Crippen LogP contribution in [0.4, 0.5) is 8.78 Å². The summed E-state index contributed by atoms with van der Waals surface area (Å²) in [7, 11) is -3.94. The zero-order valence-electron chi connectivity index (χ0n) is 10.1. The van der Waals surface area contributed by atoms with Crippen LogP contribution >= 0.6 is 0 Å². The van der Waals surface area contributed by atoms with Gasteiger partial charge in [-0.15, -0.1) is 0 Å². The highest BCUT2D eigenvalue weighted by atomic mass is 32.2. The molecule has 2 aliphatic heterocycles. The highest BCUT2D eigenvalue weighted by molar-refractivity contribution is 7.89. The Morgan fingerprint density at radius 3 is 2.42 bits per heavy atom. The van der Waals surface area contributed by atoms with Crippen LogP contribution in [-0.2, 0) is 10.0 Å². The predicted octanol–water partition coefficient (Wildman–Crippen LogP) is 0.805. The van der Waals surface area contributed by atoms with Gasteiger partial charge in [0.2, 0.25) is 10.0 Å². The van der Waals surface area contributed by atoms with Gasteiger partial charge in [0.05, 0.1) is 0 Å². The van der Waals surface area contributed by atoms with Crippen LogP contribution in [0.25, 0.3) is 0 Å². The van der Waals surface area contributed by atoms with Crippen molar-refractivity contribution in [3.63, 3.8) is 0 Å². The maximum absolute atomic E-state index is 13.6. The lowest BCUT2D eigenvalue weighted by Crippen LogP contribution is -2.32. The van der Waals surface area contributed by atoms with Gasteiger partial charge in [0.25, 0.3) is 0 Å². The molecule has 0 amide bonds. The molecule has 0 aromatic heterocycles. The standard InChI is InChI=1S/C12H14F2N2O2S/c13-10-2-1-3-11(12(10)14)19(17,18)16-6-8-4-15-5-9(8)7-16/h1-3,8-9,15H,4-7H2/t8-,9+. The topological polar surface area (TPSA) is 49.4 Å². The third kappa shape index (κ3) is 2.05. The molecular weight excluding hydrogens is 274 g/mol. The summed E-state index contributed by atoms with van der Waals surface area (Å²) in [4.78, 5) is -0.569. The van der Waals surface area contributed by atoms with Gasteiger partial charge in [-0.3, -0.25) is 0 Å². The Hall–Kier alpha value is -1.05. The maximum atomic E-state index is 13.6. The van der Waals surface area contributed by atoms with Crippen molar-refractivity contribution in [3.8, 4) is 0 Å². The average Bonchev–Trinajstić information content (AvgIpc) is 2.92. The molecule has 2 heterocycles. The van der Waals surface area contributed by atoms with Crippen LogP contribution in [0.1, 0.15) is 0 Å². The lowest BCUT2D eigenvalue weighted by atomic mass is 10.0. The fourth-order valence-electron chi connectivity index (χ4n) is 2.83. The van der Waals surface area contributed by atoms with Crippen molar-refractivity contribution in [2.75, 3.05) is 26.2 Å². The summed E-state index contributed by atoms with van der Waals surface area (Å²) in [5.41, 5.74) is 0. The number of nitrogens with one attached hydrogen (secondary N) is 1. The molecule has 2 saturated heterocycles. The molecule has 1 aromatic rings. The second-order valence-electron chi connectivity index (χ2n) is 5.05. The van der Waals surface area contributed by atoms with E-state index < -0.39 is 26.6 Å². The van der Waals surface area contributed by atoms with Crippen molar-refractivity contribution in [1.29, 1.82) is 0 Å². The molecule has 2 atom stereocenters. The van der Waals surface area contributed by atoms with Gasteiger partial charge in [0, 0.05) is 13.1 Å². The number of sulfonamides is 1. The summed E-state index contributed by atoms with van der Waals surface area (Å²) in [5, 5.41) is 3.20. The van der Waals surface area contributed by atoms with Crippen LogP contribution in [-0.4, -0.2) is 38.9 Å². The summed E-state index contributed by atoms with van der Waals surface area (Å²) < 4.78 is 52.7. The lowest BCUT2D eigenvalue weighted by Gasteiger charge is -2.17. The van der Waals surface area contributed by atoms with Crippen molar-refractivity contribution in [3.05, 3.63) is 29.8 Å². The molecule has 4 nitrogen and oxygen atoms in total. The fourth-order valence-corrected chi connectivity index (χ4v) is 4.46. The summed E-state index contributed by atoms with van der Waals surface area (Å²) >= 11 is 0. The fraction of sp³-hybridized carbons (Fsp3) is 0.500. The van der Waals surface area contributed by atoms with Crippen molar-refractivity contribution in [1.82, 2.24) is 9.62 Å². The van der Waals surface area contributed by atoms with Gasteiger partial charge >= 0.3 is 0 Å². The van der Waals surface area contributed by atoms with E-state index >= 15 is 0 Å². The van der Waals surface area contributed by atoms with Gasteiger partial charge in [-0.25, -0.2) is 17.2 Å². The number of hydrogen-bond donors (Lipinski definition) is 1. The molecule has 0 bridgehead atoms. The van der Waals surface area contributed by atoms with Gasteiger partial charge in [-0.2, -0.15) is 4.31 Å². The van der Waals surface area contributed by atoms with Crippen LogP contribution in [0.15, 0.2) is 23.1 Å². The molecule has 7 heteroatoms. The number of fused-ring (bicyclic) bond motifs is 1. The van der Waals surface area contributed by atoms with E-state index in [1.807, 2.05) is 0 Å². The van der Waals surface area contributed by atoms with Crippen LogP contribution in [0.3, 0.4) is 0 Å². The second kappa shape index (κ2) is 4.50. The highest BCUT2D eigenvalue weighted by Gasteiger charge is 2.42. The van der Waals surface area contributed by atoms with Crippen LogP contribution in [0, 0.1) is 23.5 Å². The Morgan fingerprint density at radius 1 is 1.16 bits per heavy atom. The Bertz CT molecular complexity index is 594. The van der Waals surface area contributed by atoms with E-state index in [2.05, 4.69) is 5.32 Å². The van der Waals surface area contributed by atoms with Gasteiger partial charge < -0.3 is 5.32 Å². The molecule has 0 aliphatic carbocycles. The van der Waals surface area contributed by atoms with E-state index in [1.165, 1.54) is 10.4 Å². The highest BCUT2D eigenvalue weighted by Crippen LogP contribution is 2.31. The van der Waals surface area contributed by atoms with E-state index in [9.17, 15) is 17.2 Å². The van der Waals surface area contributed by atoms with Crippen LogP contribution < -0.4 is 5.32 Å². The Morgan fingerprint density at radius 2 is 1.79 bits per heavy atom. The number of benzene rings is 1. The summed E-state index contributed by atoms with van der Waals surface area (Å²) in [6.07, 6.45) is 0. The van der Waals surface area contributed by atoms with Gasteiger partial charge in [-0.1, -0.05) is 6.07 Å². The second-order valence-corrected chi connectivity index (χ2v) is 6.96. The van der Waals surface area contributed by atoms with E-state index in [-0.39, 0.29) is 11.8 Å². The molecule has 104 valence electrons. The molecule has 19 heavy (non-hydrogen) atoms. The van der Waals surface area contributed by atoms with E-state index in [1.54, 1.807) is 0 Å². The minimum Gasteiger partial charge on any atom is -0.316 e. The predicted molar refractivity (Wildman–Crippen MR) is 65.0 cm³/mol. The number of rotatable bonds is 2. The largest absolute Gasteiger partial charge is 0.316 e. The Balaban J connectivity index is 1.93. The van der Waals surface area contributed by atoms with Gasteiger partial charge in [-0.05, 0) is 37.1 Å². The summed E-state index contributed by atoms with van der Waals surface area (Å²) in [6.45, 7) is 2.30. The molecule has 0 saturated carbocycles. The number of halogens is 2. The normalized spacial score (nSPS) is 27.7. The number of nitrogens with zero attached hydrogens (tertiary/aromatic N) is 1. The van der Waals surface area contributed by atoms with Crippen LogP contribution in [0.5, 0.6) is 0 Å². The summed E-state index contributed by atoms with van der Waals surface area (Å²) in [6, 6.07) is 3.24. The molecule has 0 spiro atoms. The third-order valence-electron chi connectivity index (χ3n) is 3.89. The molecule has 0 radical (unpaired) electrons. The zero-order chi connectivity index (χ0) is 13.6. The first kappa shape index (κ1) is 13.0. The van der Waals surface area contributed by atoms with Crippen LogP contribution in [0.2, 0.25) is 0 Å².